The SMILES string of the molecule is [2H]c1ccc2c(n1)oc1c(-c3ccc4c(C([2H])([2H])C(C)C)cccc4[n+]3C)c(C)c(C([2H])([2H])[2H])cc12. The average molecular weight is 402 g/mol. The second-order valence-electron chi connectivity index (χ2n) is 8.01. The maximum absolute atomic E-state index is 8.67. The lowest BCUT2D eigenvalue weighted by Gasteiger charge is -2.12. The lowest BCUT2D eigenvalue weighted by molar-refractivity contribution is -0.633. The Kier molecular flexibility index (Phi) is 3.05. The number of furan rings is 1. The predicted molar refractivity (Wildman–Crippen MR) is 124 cm³/mol. The van der Waals surface area contributed by atoms with E-state index < -0.39 is 13.2 Å². The van der Waals surface area contributed by atoms with E-state index in [-0.39, 0.29) is 23.4 Å². The average Bonchev–Trinajstić information content (AvgIpc) is 3.15. The monoisotopic (exact) mass is 401 g/mol. The van der Waals surface area contributed by atoms with Gasteiger partial charge in [0.25, 0.3) is 0 Å². The maximum atomic E-state index is 8.67. The van der Waals surface area contributed by atoms with Gasteiger partial charge in [-0.2, -0.15) is 4.57 Å². The van der Waals surface area contributed by atoms with Gasteiger partial charge in [-0.05, 0) is 67.0 Å². The van der Waals surface area contributed by atoms with E-state index in [4.69, 9.17) is 12.6 Å². The third kappa shape index (κ3) is 2.80. The molecule has 0 aliphatic carbocycles. The van der Waals surface area contributed by atoms with Crippen molar-refractivity contribution in [2.75, 3.05) is 0 Å². The highest BCUT2D eigenvalue weighted by molar-refractivity contribution is 6.09. The molecule has 0 atom stereocenters. The highest BCUT2D eigenvalue weighted by atomic mass is 16.3. The predicted octanol–water partition coefficient (Wildman–Crippen LogP) is 6.44. The highest BCUT2D eigenvalue weighted by Gasteiger charge is 2.24. The highest BCUT2D eigenvalue weighted by Crippen LogP contribution is 2.38. The minimum Gasteiger partial charge on any atom is -0.437 e. The smallest absolute Gasteiger partial charge is 0.227 e. The maximum Gasteiger partial charge on any atom is 0.227 e. The van der Waals surface area contributed by atoms with Gasteiger partial charge in [0, 0.05) is 41.3 Å². The molecule has 0 saturated heterocycles. The Morgan fingerprint density at radius 1 is 1.13 bits per heavy atom. The van der Waals surface area contributed by atoms with Crippen LogP contribution >= 0.6 is 0 Å². The molecule has 0 fully saturated rings. The summed E-state index contributed by atoms with van der Waals surface area (Å²) in [6.45, 7) is 3.18. The van der Waals surface area contributed by atoms with Gasteiger partial charge in [0.2, 0.25) is 16.9 Å². The van der Waals surface area contributed by atoms with Crippen LogP contribution in [0.25, 0.3) is 44.2 Å². The molecule has 0 aliphatic heterocycles. The molecule has 0 radical (unpaired) electrons. The van der Waals surface area contributed by atoms with E-state index in [0.29, 0.717) is 33.0 Å². The first kappa shape index (κ1) is 13.2. The summed E-state index contributed by atoms with van der Waals surface area (Å²) in [4.78, 5) is 4.21. The summed E-state index contributed by atoms with van der Waals surface area (Å²) in [5.74, 6) is -0.212. The molecule has 3 heterocycles. The van der Waals surface area contributed by atoms with Crippen LogP contribution in [0.2, 0.25) is 0 Å². The quantitative estimate of drug-likeness (QED) is 0.326. The van der Waals surface area contributed by atoms with Crippen molar-refractivity contribution in [3.8, 4) is 11.3 Å². The van der Waals surface area contributed by atoms with E-state index in [9.17, 15) is 0 Å². The number of aryl methyl sites for hydroxylation is 2. The summed E-state index contributed by atoms with van der Waals surface area (Å²) in [6, 6.07) is 14.3. The fourth-order valence-electron chi connectivity index (χ4n) is 4.21. The van der Waals surface area contributed by atoms with Crippen LogP contribution in [0.1, 0.15) is 38.8 Å². The molecule has 0 amide bonds. The van der Waals surface area contributed by atoms with Gasteiger partial charge in [-0.1, -0.05) is 26.0 Å². The van der Waals surface area contributed by atoms with Gasteiger partial charge < -0.3 is 4.42 Å². The summed E-state index contributed by atoms with van der Waals surface area (Å²) in [5.41, 5.74) is 4.43. The first-order valence-corrected chi connectivity index (χ1v) is 10.1. The summed E-state index contributed by atoms with van der Waals surface area (Å²) < 4.78 is 57.8. The zero-order valence-corrected chi connectivity index (χ0v) is 17.5. The van der Waals surface area contributed by atoms with Crippen molar-refractivity contribution in [1.29, 1.82) is 0 Å². The van der Waals surface area contributed by atoms with Gasteiger partial charge in [0.05, 0.1) is 6.93 Å². The molecule has 3 aromatic heterocycles. The molecule has 5 rings (SSSR count). The number of hydrogen-bond acceptors (Lipinski definition) is 2. The first-order chi connectivity index (χ1) is 16.8. The number of aromatic nitrogens is 2. The van der Waals surface area contributed by atoms with Crippen LogP contribution in [0, 0.1) is 19.7 Å². The van der Waals surface area contributed by atoms with Gasteiger partial charge in [-0.25, -0.2) is 4.98 Å². The fourth-order valence-corrected chi connectivity index (χ4v) is 4.21. The third-order valence-electron chi connectivity index (χ3n) is 5.66. The van der Waals surface area contributed by atoms with E-state index in [1.54, 1.807) is 25.1 Å². The van der Waals surface area contributed by atoms with Crippen molar-refractivity contribution in [3.05, 3.63) is 71.4 Å². The molecule has 3 nitrogen and oxygen atoms in total. The van der Waals surface area contributed by atoms with Crippen LogP contribution in [-0.4, -0.2) is 4.98 Å². The van der Waals surface area contributed by atoms with Crippen LogP contribution < -0.4 is 4.57 Å². The zero-order valence-electron chi connectivity index (χ0n) is 23.5. The Balaban J connectivity index is 1.89. The lowest BCUT2D eigenvalue weighted by atomic mass is 9.94. The van der Waals surface area contributed by atoms with E-state index in [1.165, 1.54) is 0 Å². The molecular formula is C27H27N2O+. The van der Waals surface area contributed by atoms with Gasteiger partial charge in [-0.3, -0.25) is 0 Å². The molecular weight excluding hydrogens is 368 g/mol. The molecule has 0 bridgehead atoms. The van der Waals surface area contributed by atoms with Crippen molar-refractivity contribution in [1.82, 2.24) is 4.98 Å². The second kappa shape index (κ2) is 6.94. The fraction of sp³-hybridized carbons (Fsp3) is 0.259. The molecule has 2 aromatic carbocycles. The van der Waals surface area contributed by atoms with Gasteiger partial charge in [-0.15, -0.1) is 0 Å². The van der Waals surface area contributed by atoms with Crippen molar-refractivity contribution in [2.24, 2.45) is 13.0 Å². The molecule has 0 saturated carbocycles. The van der Waals surface area contributed by atoms with Crippen LogP contribution in [0.3, 0.4) is 0 Å². The molecule has 0 spiro atoms. The van der Waals surface area contributed by atoms with Crippen LogP contribution in [0.4, 0.5) is 0 Å². The van der Waals surface area contributed by atoms with Gasteiger partial charge in [0.15, 0.2) is 5.58 Å². The van der Waals surface area contributed by atoms with Crippen LogP contribution in [0.15, 0.2) is 59.1 Å². The van der Waals surface area contributed by atoms with E-state index in [0.717, 1.165) is 16.6 Å². The molecule has 30 heavy (non-hydrogen) atoms. The molecule has 3 heteroatoms. The van der Waals surface area contributed by atoms with E-state index in [2.05, 4.69) is 4.98 Å². The largest absolute Gasteiger partial charge is 0.437 e. The summed E-state index contributed by atoms with van der Waals surface area (Å²) in [7, 11) is 1.89. The van der Waals surface area contributed by atoms with Crippen molar-refractivity contribution >= 4 is 33.0 Å². The Morgan fingerprint density at radius 3 is 2.80 bits per heavy atom. The Morgan fingerprint density at radius 2 is 2.00 bits per heavy atom. The first-order valence-electron chi connectivity index (χ1n) is 13.1. The molecule has 0 N–H and O–H groups in total. The summed E-state index contributed by atoms with van der Waals surface area (Å²) >= 11 is 0. The second-order valence-corrected chi connectivity index (χ2v) is 8.01. The van der Waals surface area contributed by atoms with Gasteiger partial charge >= 0.3 is 0 Å². The number of benzene rings is 2. The van der Waals surface area contributed by atoms with Crippen LogP contribution in [0.5, 0.6) is 0 Å². The lowest BCUT2D eigenvalue weighted by Crippen LogP contribution is -2.32. The van der Waals surface area contributed by atoms with Crippen LogP contribution in [-0.2, 0) is 13.4 Å². The number of fused-ring (bicyclic) bond motifs is 4. The minimum absolute atomic E-state index is 0.0686. The van der Waals surface area contributed by atoms with Crippen molar-refractivity contribution in [2.45, 2.75) is 34.0 Å². The number of pyridine rings is 2. The Hall–Kier alpha value is -3.20. The standard InChI is InChI=1S/C27H27N2O/c1-16(2)14-19-8-6-10-23-20(19)11-12-24(29(23)5)25-18(4)17(3)15-22-21-9-7-13-28-27(21)30-26(22)25/h6-13,15-16H,14H2,1-5H3/q+1/i3D3,13D,14D2. The van der Waals surface area contributed by atoms with Crippen molar-refractivity contribution < 1.29 is 17.2 Å². The summed E-state index contributed by atoms with van der Waals surface area (Å²) in [5, 5.41) is 2.09. The Bertz CT molecular complexity index is 1670. The molecule has 5 aromatic rings. The number of hydrogen-bond donors (Lipinski definition) is 0. The molecule has 0 unspecified atom stereocenters. The molecule has 150 valence electrons. The van der Waals surface area contributed by atoms with E-state index in [1.807, 2.05) is 55.8 Å². The number of nitrogens with zero attached hydrogens (tertiary/aromatic N) is 2. The van der Waals surface area contributed by atoms with Crippen molar-refractivity contribution in [3.63, 3.8) is 0 Å². The number of rotatable bonds is 3. The Labute approximate surface area is 185 Å². The minimum atomic E-state index is -2.34. The topological polar surface area (TPSA) is 29.9 Å². The third-order valence-corrected chi connectivity index (χ3v) is 5.66. The normalized spacial score (nSPS) is 15.8. The summed E-state index contributed by atoms with van der Waals surface area (Å²) in [6.07, 6.45) is -1.45. The van der Waals surface area contributed by atoms with Gasteiger partial charge in [0.1, 0.15) is 7.05 Å². The van der Waals surface area contributed by atoms with E-state index >= 15 is 0 Å². The zero-order chi connectivity index (χ0) is 26.2. The molecule has 0 aliphatic rings.